The van der Waals surface area contributed by atoms with Crippen LogP contribution in [0.25, 0.3) is 0 Å². The van der Waals surface area contributed by atoms with Gasteiger partial charge in [0.25, 0.3) is 0 Å². The molecule has 1 aliphatic heterocycles. The van der Waals surface area contributed by atoms with E-state index in [2.05, 4.69) is 16.8 Å². The van der Waals surface area contributed by atoms with E-state index in [-0.39, 0.29) is 5.82 Å². The molecule has 1 N–H and O–H groups in total. The van der Waals surface area contributed by atoms with E-state index in [4.69, 9.17) is 5.41 Å². The molecule has 0 amide bonds. The smallest absolute Gasteiger partial charge is 0.123 e. The molecular weight excluding hydrogens is 249 g/mol. The van der Waals surface area contributed by atoms with E-state index in [0.717, 1.165) is 31.1 Å². The summed E-state index contributed by atoms with van der Waals surface area (Å²) in [4.78, 5) is 5.41. The zero-order chi connectivity index (χ0) is 13.0. The maximum Gasteiger partial charge on any atom is 0.123 e. The van der Waals surface area contributed by atoms with E-state index < -0.39 is 0 Å². The van der Waals surface area contributed by atoms with Gasteiger partial charge >= 0.3 is 0 Å². The lowest BCUT2D eigenvalue weighted by atomic mass is 10.3. The Labute approximate surface area is 111 Å². The topological polar surface area (TPSA) is 30.3 Å². The van der Waals surface area contributed by atoms with Crippen LogP contribution < -0.4 is 0 Å². The first-order valence-corrected chi connectivity index (χ1v) is 7.03. The molecule has 1 heterocycles. The van der Waals surface area contributed by atoms with Crippen LogP contribution in [0.5, 0.6) is 0 Å². The standard InChI is InChI=1S/C13H18FN3S/c1-16-6-8-17(9-7-16)13(15)10-18-12-4-2-11(14)3-5-12/h2-5,15H,6-10H2,1H3. The van der Waals surface area contributed by atoms with Crippen LogP contribution in [0.15, 0.2) is 29.2 Å². The van der Waals surface area contributed by atoms with Crippen molar-refractivity contribution in [3.8, 4) is 0 Å². The van der Waals surface area contributed by atoms with Gasteiger partial charge in [0.2, 0.25) is 0 Å². The number of nitrogens with one attached hydrogen (secondary N) is 1. The Morgan fingerprint density at radius 1 is 1.22 bits per heavy atom. The minimum atomic E-state index is -0.214. The van der Waals surface area contributed by atoms with Crippen LogP contribution in [0.2, 0.25) is 0 Å². The summed E-state index contributed by atoms with van der Waals surface area (Å²) in [6.45, 7) is 3.89. The summed E-state index contributed by atoms with van der Waals surface area (Å²) in [5.74, 6) is 1.10. The first-order chi connectivity index (χ1) is 8.65. The highest BCUT2D eigenvalue weighted by Crippen LogP contribution is 2.18. The molecule has 0 unspecified atom stereocenters. The number of piperazine rings is 1. The molecule has 5 heteroatoms. The summed E-state index contributed by atoms with van der Waals surface area (Å²) in [6, 6.07) is 6.44. The van der Waals surface area contributed by atoms with Crippen LogP contribution in [0.4, 0.5) is 4.39 Å². The average Bonchev–Trinajstić information content (AvgIpc) is 2.38. The van der Waals surface area contributed by atoms with Crippen molar-refractivity contribution in [2.75, 3.05) is 39.0 Å². The molecule has 0 saturated carbocycles. The Morgan fingerprint density at radius 2 is 1.83 bits per heavy atom. The summed E-state index contributed by atoms with van der Waals surface area (Å²) in [5, 5.41) is 8.05. The Bertz CT molecular complexity index is 399. The Kier molecular flexibility index (Phi) is 4.60. The van der Waals surface area contributed by atoms with E-state index in [1.165, 1.54) is 12.1 Å². The van der Waals surface area contributed by atoms with E-state index in [1.54, 1.807) is 23.9 Å². The third-order valence-corrected chi connectivity index (χ3v) is 4.10. The van der Waals surface area contributed by atoms with Crippen LogP contribution in [0, 0.1) is 11.2 Å². The van der Waals surface area contributed by atoms with Crippen molar-refractivity contribution in [3.63, 3.8) is 0 Å². The van der Waals surface area contributed by atoms with Crippen molar-refractivity contribution in [2.24, 2.45) is 0 Å². The molecule has 18 heavy (non-hydrogen) atoms. The largest absolute Gasteiger partial charge is 0.357 e. The number of amidine groups is 1. The van der Waals surface area contributed by atoms with Crippen molar-refractivity contribution < 1.29 is 4.39 Å². The van der Waals surface area contributed by atoms with Gasteiger partial charge in [0, 0.05) is 31.1 Å². The molecule has 1 aliphatic rings. The molecule has 0 aromatic heterocycles. The molecule has 0 bridgehead atoms. The molecule has 2 rings (SSSR count). The highest BCUT2D eigenvalue weighted by atomic mass is 32.2. The van der Waals surface area contributed by atoms with Crippen molar-refractivity contribution in [2.45, 2.75) is 4.90 Å². The molecule has 1 aromatic carbocycles. The lowest BCUT2D eigenvalue weighted by molar-refractivity contribution is 0.214. The number of rotatable bonds is 3. The monoisotopic (exact) mass is 267 g/mol. The minimum Gasteiger partial charge on any atom is -0.357 e. The zero-order valence-electron chi connectivity index (χ0n) is 10.5. The van der Waals surface area contributed by atoms with Gasteiger partial charge in [0.1, 0.15) is 11.7 Å². The maximum absolute atomic E-state index is 12.7. The molecule has 0 atom stereocenters. The molecule has 0 spiro atoms. The summed E-state index contributed by atoms with van der Waals surface area (Å²) in [5.41, 5.74) is 0. The quantitative estimate of drug-likeness (QED) is 0.517. The lowest BCUT2D eigenvalue weighted by Crippen LogP contribution is -2.47. The Hall–Kier alpha value is -1.07. The van der Waals surface area contributed by atoms with Gasteiger partial charge in [-0.2, -0.15) is 0 Å². The number of hydrogen-bond acceptors (Lipinski definition) is 3. The zero-order valence-corrected chi connectivity index (χ0v) is 11.3. The molecular formula is C13H18FN3S. The van der Waals surface area contributed by atoms with Crippen molar-refractivity contribution in [3.05, 3.63) is 30.1 Å². The van der Waals surface area contributed by atoms with Gasteiger partial charge < -0.3 is 9.80 Å². The highest BCUT2D eigenvalue weighted by molar-refractivity contribution is 8.00. The predicted molar refractivity (Wildman–Crippen MR) is 73.9 cm³/mol. The number of benzene rings is 1. The molecule has 0 aliphatic carbocycles. The van der Waals surface area contributed by atoms with Gasteiger partial charge in [-0.25, -0.2) is 4.39 Å². The van der Waals surface area contributed by atoms with Gasteiger partial charge in [-0.15, -0.1) is 11.8 Å². The van der Waals surface area contributed by atoms with Gasteiger partial charge in [-0.05, 0) is 31.3 Å². The number of likely N-dealkylation sites (N-methyl/N-ethyl adjacent to an activating group) is 1. The summed E-state index contributed by atoms with van der Waals surface area (Å²) in [7, 11) is 2.11. The van der Waals surface area contributed by atoms with Crippen LogP contribution in [-0.2, 0) is 0 Å². The first kappa shape index (κ1) is 13.4. The van der Waals surface area contributed by atoms with Gasteiger partial charge in [0.05, 0.1) is 5.75 Å². The van der Waals surface area contributed by atoms with E-state index in [1.807, 2.05) is 0 Å². The third-order valence-electron chi connectivity index (χ3n) is 3.07. The van der Waals surface area contributed by atoms with Gasteiger partial charge in [-0.3, -0.25) is 5.41 Å². The van der Waals surface area contributed by atoms with E-state index in [9.17, 15) is 4.39 Å². The fourth-order valence-electron chi connectivity index (χ4n) is 1.85. The summed E-state index contributed by atoms with van der Waals surface area (Å²) >= 11 is 1.59. The van der Waals surface area contributed by atoms with Crippen molar-refractivity contribution in [1.29, 1.82) is 5.41 Å². The Morgan fingerprint density at radius 3 is 2.44 bits per heavy atom. The molecule has 1 aromatic rings. The lowest BCUT2D eigenvalue weighted by Gasteiger charge is -2.34. The molecule has 1 saturated heterocycles. The summed E-state index contributed by atoms with van der Waals surface area (Å²) in [6.07, 6.45) is 0. The second-order valence-electron chi connectivity index (χ2n) is 4.48. The minimum absolute atomic E-state index is 0.214. The van der Waals surface area contributed by atoms with Crippen LogP contribution in [0.1, 0.15) is 0 Å². The second kappa shape index (κ2) is 6.20. The van der Waals surface area contributed by atoms with Gasteiger partial charge in [-0.1, -0.05) is 0 Å². The molecule has 98 valence electrons. The van der Waals surface area contributed by atoms with E-state index in [0.29, 0.717) is 11.6 Å². The van der Waals surface area contributed by atoms with Crippen LogP contribution in [0.3, 0.4) is 0 Å². The van der Waals surface area contributed by atoms with Crippen molar-refractivity contribution in [1.82, 2.24) is 9.80 Å². The maximum atomic E-state index is 12.7. The normalized spacial score (nSPS) is 16.9. The fraction of sp³-hybridized carbons (Fsp3) is 0.462. The van der Waals surface area contributed by atoms with Gasteiger partial charge in [0.15, 0.2) is 0 Å². The number of nitrogens with zero attached hydrogens (tertiary/aromatic N) is 2. The average molecular weight is 267 g/mol. The van der Waals surface area contributed by atoms with E-state index >= 15 is 0 Å². The van der Waals surface area contributed by atoms with Crippen LogP contribution >= 0.6 is 11.8 Å². The number of halogens is 1. The van der Waals surface area contributed by atoms with Crippen molar-refractivity contribution >= 4 is 17.6 Å². The summed E-state index contributed by atoms with van der Waals surface area (Å²) < 4.78 is 12.7. The second-order valence-corrected chi connectivity index (χ2v) is 5.53. The molecule has 1 fully saturated rings. The van der Waals surface area contributed by atoms with Crippen LogP contribution in [-0.4, -0.2) is 54.6 Å². The first-order valence-electron chi connectivity index (χ1n) is 6.04. The molecule has 3 nitrogen and oxygen atoms in total. The predicted octanol–water partition coefficient (Wildman–Crippen LogP) is 2.14. The Balaban J connectivity index is 1.79. The third kappa shape index (κ3) is 3.71. The SMILES string of the molecule is CN1CCN(C(=N)CSc2ccc(F)cc2)CC1. The fourth-order valence-corrected chi connectivity index (χ4v) is 2.66. The number of thioether (sulfide) groups is 1. The number of hydrogen-bond donors (Lipinski definition) is 1. The highest BCUT2D eigenvalue weighted by Gasteiger charge is 2.16. The molecule has 0 radical (unpaired) electrons.